The maximum absolute atomic E-state index is 13.4. The van der Waals surface area contributed by atoms with E-state index in [1.165, 1.54) is 30.7 Å². The van der Waals surface area contributed by atoms with Crippen molar-refractivity contribution in [2.45, 2.75) is 18.6 Å². The number of H-pyrrole nitrogens is 1. The molecule has 0 bridgehead atoms. The number of rotatable bonds is 7. The lowest BCUT2D eigenvalue weighted by molar-refractivity contribution is -0.139. The van der Waals surface area contributed by atoms with Gasteiger partial charge in [0.25, 0.3) is 0 Å². The fraction of sp³-hybridized carbons (Fsp3) is 0.176. The van der Waals surface area contributed by atoms with Crippen LogP contribution in [0.4, 0.5) is 30.6 Å². The van der Waals surface area contributed by atoms with Crippen molar-refractivity contribution in [3.05, 3.63) is 58.2 Å². The van der Waals surface area contributed by atoms with E-state index in [1.807, 2.05) is 0 Å². The number of carboxylic acids is 1. The first-order valence-corrected chi connectivity index (χ1v) is 9.02. The van der Waals surface area contributed by atoms with Crippen LogP contribution in [0, 0.1) is 0 Å². The second-order valence-electron chi connectivity index (χ2n) is 6.02. The normalized spacial score (nSPS) is 12.4. The van der Waals surface area contributed by atoms with Crippen LogP contribution in [0.25, 0.3) is 0 Å². The number of aromatic nitrogens is 4. The fourth-order valence-corrected chi connectivity index (χ4v) is 2.74. The molecule has 0 fully saturated rings. The number of aromatic amines is 1. The van der Waals surface area contributed by atoms with E-state index in [2.05, 4.69) is 30.6 Å². The Labute approximate surface area is 177 Å². The van der Waals surface area contributed by atoms with Gasteiger partial charge in [0.05, 0.1) is 16.4 Å². The summed E-state index contributed by atoms with van der Waals surface area (Å²) < 4.78 is 40.2. The van der Waals surface area contributed by atoms with Crippen molar-refractivity contribution >= 4 is 46.6 Å². The summed E-state index contributed by atoms with van der Waals surface area (Å²) in [5.74, 6) is -2.25. The molecule has 0 aliphatic carbocycles. The fourth-order valence-electron chi connectivity index (χ4n) is 2.44. The third-order valence-electron chi connectivity index (χ3n) is 3.86. The molecule has 0 radical (unpaired) electrons. The Morgan fingerprint density at radius 2 is 2.00 bits per heavy atom. The maximum atomic E-state index is 13.4. The Morgan fingerprint density at radius 1 is 1.23 bits per heavy atom. The van der Waals surface area contributed by atoms with E-state index >= 15 is 0 Å². The lowest BCUT2D eigenvalue weighted by Crippen LogP contribution is -2.33. The predicted octanol–water partition coefficient (Wildman–Crippen LogP) is 4.38. The Balaban J connectivity index is 1.92. The number of imidazole rings is 1. The molecule has 2 heterocycles. The number of benzene rings is 1. The van der Waals surface area contributed by atoms with E-state index in [1.54, 1.807) is 0 Å². The molecule has 158 valence electrons. The first kappa shape index (κ1) is 21.7. The summed E-state index contributed by atoms with van der Waals surface area (Å²) in [4.78, 5) is 25.5. The quantitative estimate of drug-likeness (QED) is 0.413. The molecule has 0 unspecified atom stereocenters. The summed E-state index contributed by atoms with van der Waals surface area (Å²) in [6, 6.07) is 3.05. The Hall–Kier alpha value is -3.05. The Bertz CT molecular complexity index is 1050. The highest BCUT2D eigenvalue weighted by molar-refractivity contribution is 6.42. The topological polar surface area (TPSA) is 116 Å². The third kappa shape index (κ3) is 5.30. The zero-order valence-corrected chi connectivity index (χ0v) is 16.3. The Kier molecular flexibility index (Phi) is 6.32. The van der Waals surface area contributed by atoms with E-state index in [0.717, 1.165) is 0 Å². The number of hydrogen-bond donors (Lipinski definition) is 4. The smallest absolute Gasteiger partial charge is 0.421 e. The van der Waals surface area contributed by atoms with Gasteiger partial charge in [-0.05, 0) is 18.2 Å². The van der Waals surface area contributed by atoms with Crippen molar-refractivity contribution in [1.82, 2.24) is 19.9 Å². The molecule has 0 aliphatic rings. The van der Waals surface area contributed by atoms with E-state index in [-0.39, 0.29) is 17.4 Å². The number of nitrogens with one attached hydrogen (secondary N) is 3. The molecular formula is C17H13Cl2F3N6O2. The zero-order chi connectivity index (χ0) is 21.9. The van der Waals surface area contributed by atoms with Crippen LogP contribution >= 0.6 is 23.2 Å². The van der Waals surface area contributed by atoms with Gasteiger partial charge in [0.1, 0.15) is 17.4 Å². The molecule has 13 heteroatoms. The molecule has 0 amide bonds. The highest BCUT2D eigenvalue weighted by atomic mass is 35.5. The van der Waals surface area contributed by atoms with Crippen molar-refractivity contribution in [2.24, 2.45) is 0 Å². The summed E-state index contributed by atoms with van der Waals surface area (Å²) in [6.45, 7) is 0. The van der Waals surface area contributed by atoms with Crippen LogP contribution in [0.2, 0.25) is 10.0 Å². The second-order valence-corrected chi connectivity index (χ2v) is 6.84. The number of alkyl halides is 3. The van der Waals surface area contributed by atoms with Gasteiger partial charge in [-0.1, -0.05) is 23.2 Å². The van der Waals surface area contributed by atoms with Crippen molar-refractivity contribution in [3.63, 3.8) is 0 Å². The standard InChI is InChI=1S/C17H13Cl2F3N6O2/c18-11-2-1-8(3-12(11)19)26-16-24-6-10(17(20,21)22)14(28-16)27-13(15(29)30)4-9-5-23-7-25-9/h1-3,5-7,13H,4H2,(H,23,25)(H,29,30)(H2,24,26,27,28)/t13-/m0/s1. The van der Waals surface area contributed by atoms with Gasteiger partial charge in [-0.15, -0.1) is 0 Å². The molecule has 4 N–H and O–H groups in total. The molecular weight excluding hydrogens is 448 g/mol. The first-order chi connectivity index (χ1) is 14.1. The predicted molar refractivity (Wildman–Crippen MR) is 104 cm³/mol. The number of carboxylic acid groups (broad SMARTS) is 1. The lowest BCUT2D eigenvalue weighted by Gasteiger charge is -2.19. The molecule has 0 aliphatic heterocycles. The first-order valence-electron chi connectivity index (χ1n) is 8.26. The molecule has 1 atom stereocenters. The van der Waals surface area contributed by atoms with Gasteiger partial charge in [-0.3, -0.25) is 0 Å². The largest absolute Gasteiger partial charge is 0.480 e. The lowest BCUT2D eigenvalue weighted by atomic mass is 10.1. The third-order valence-corrected chi connectivity index (χ3v) is 4.60. The molecule has 3 aromatic rings. The average molecular weight is 461 g/mol. The van der Waals surface area contributed by atoms with Crippen LogP contribution in [0.15, 0.2) is 36.9 Å². The van der Waals surface area contributed by atoms with Crippen LogP contribution in [0.3, 0.4) is 0 Å². The van der Waals surface area contributed by atoms with Crippen LogP contribution < -0.4 is 10.6 Å². The van der Waals surface area contributed by atoms with Gasteiger partial charge in [0.2, 0.25) is 5.95 Å². The number of halogens is 5. The molecule has 0 saturated heterocycles. The van der Waals surface area contributed by atoms with Crippen molar-refractivity contribution in [1.29, 1.82) is 0 Å². The van der Waals surface area contributed by atoms with Gasteiger partial charge in [0.15, 0.2) is 0 Å². The molecule has 2 aromatic heterocycles. The van der Waals surface area contributed by atoms with E-state index in [9.17, 15) is 23.1 Å². The molecule has 0 spiro atoms. The summed E-state index contributed by atoms with van der Waals surface area (Å²) in [5, 5.41) is 15.0. The van der Waals surface area contributed by atoms with E-state index < -0.39 is 29.6 Å². The summed E-state index contributed by atoms with van der Waals surface area (Å²) in [7, 11) is 0. The number of carbonyl (C=O) groups is 1. The molecule has 30 heavy (non-hydrogen) atoms. The minimum Gasteiger partial charge on any atom is -0.480 e. The van der Waals surface area contributed by atoms with Gasteiger partial charge >= 0.3 is 12.1 Å². The van der Waals surface area contributed by atoms with E-state index in [4.69, 9.17) is 23.2 Å². The van der Waals surface area contributed by atoms with Crippen molar-refractivity contribution < 1.29 is 23.1 Å². The van der Waals surface area contributed by atoms with Gasteiger partial charge < -0.3 is 20.7 Å². The number of anilines is 3. The maximum Gasteiger partial charge on any atom is 0.421 e. The van der Waals surface area contributed by atoms with Gasteiger partial charge in [0, 0.05) is 30.2 Å². The summed E-state index contributed by atoms with van der Waals surface area (Å²) >= 11 is 11.8. The van der Waals surface area contributed by atoms with E-state index in [0.29, 0.717) is 22.6 Å². The zero-order valence-electron chi connectivity index (χ0n) is 14.8. The number of nitrogens with zero attached hydrogens (tertiary/aromatic N) is 3. The molecule has 8 nitrogen and oxygen atoms in total. The minimum absolute atomic E-state index is 0.147. The van der Waals surface area contributed by atoms with Crippen molar-refractivity contribution in [3.8, 4) is 0 Å². The number of hydrogen-bond acceptors (Lipinski definition) is 6. The van der Waals surface area contributed by atoms with Gasteiger partial charge in [-0.2, -0.15) is 18.2 Å². The van der Waals surface area contributed by atoms with Crippen LogP contribution in [-0.4, -0.2) is 37.1 Å². The number of aliphatic carboxylic acids is 1. The monoisotopic (exact) mass is 460 g/mol. The summed E-state index contributed by atoms with van der Waals surface area (Å²) in [5.41, 5.74) is -0.410. The summed E-state index contributed by atoms with van der Waals surface area (Å²) in [6.07, 6.45) is -1.68. The highest BCUT2D eigenvalue weighted by Gasteiger charge is 2.36. The minimum atomic E-state index is -4.80. The van der Waals surface area contributed by atoms with Crippen molar-refractivity contribution in [2.75, 3.05) is 10.6 Å². The van der Waals surface area contributed by atoms with Gasteiger partial charge in [-0.25, -0.2) is 14.8 Å². The van der Waals surface area contributed by atoms with Crippen LogP contribution in [0.5, 0.6) is 0 Å². The SMILES string of the molecule is O=C(O)[C@H](Cc1cnc[nH]1)Nc1nc(Nc2ccc(Cl)c(Cl)c2)ncc1C(F)(F)F. The molecule has 0 saturated carbocycles. The Morgan fingerprint density at radius 3 is 2.60 bits per heavy atom. The second kappa shape index (κ2) is 8.76. The van der Waals surface area contributed by atoms with Crippen LogP contribution in [0.1, 0.15) is 11.3 Å². The van der Waals surface area contributed by atoms with Crippen LogP contribution in [-0.2, 0) is 17.4 Å². The molecule has 1 aromatic carbocycles. The average Bonchev–Trinajstić information content (AvgIpc) is 3.16. The highest BCUT2D eigenvalue weighted by Crippen LogP contribution is 2.35. The molecule has 3 rings (SSSR count).